The van der Waals surface area contributed by atoms with Crippen LogP contribution in [0.1, 0.15) is 17.5 Å². The first-order valence-corrected chi connectivity index (χ1v) is 9.38. The van der Waals surface area contributed by atoms with Crippen LogP contribution in [0.2, 0.25) is 0 Å². The van der Waals surface area contributed by atoms with Crippen LogP contribution in [0.15, 0.2) is 60.8 Å². The molecule has 1 aliphatic rings. The molecular formula is C22H25N3O. The topological polar surface area (TPSA) is 48.1 Å². The first kappa shape index (κ1) is 16.9. The Bertz CT molecular complexity index is 871. The van der Waals surface area contributed by atoms with Crippen LogP contribution in [0.5, 0.6) is 0 Å². The van der Waals surface area contributed by atoms with Gasteiger partial charge in [0.1, 0.15) is 0 Å². The summed E-state index contributed by atoms with van der Waals surface area (Å²) in [6.07, 6.45) is 3.86. The van der Waals surface area contributed by atoms with Crippen molar-refractivity contribution in [1.82, 2.24) is 15.2 Å². The normalized spacial score (nSPS) is 17.6. The van der Waals surface area contributed by atoms with Crippen LogP contribution in [0.25, 0.3) is 10.9 Å². The number of rotatable bonds is 6. The minimum Gasteiger partial charge on any atom is -0.361 e. The molecule has 0 spiro atoms. The summed E-state index contributed by atoms with van der Waals surface area (Å²) in [6.45, 7) is 3.47. The van der Waals surface area contributed by atoms with Crippen molar-refractivity contribution in [2.75, 3.05) is 19.6 Å². The van der Waals surface area contributed by atoms with Gasteiger partial charge in [0.25, 0.3) is 0 Å². The molecule has 2 N–H and O–H groups in total. The molecule has 0 saturated carbocycles. The van der Waals surface area contributed by atoms with Crippen molar-refractivity contribution in [3.05, 3.63) is 71.9 Å². The summed E-state index contributed by atoms with van der Waals surface area (Å²) in [5.41, 5.74) is 3.73. The lowest BCUT2D eigenvalue weighted by molar-refractivity contribution is -0.124. The number of H-pyrrole nitrogens is 1. The summed E-state index contributed by atoms with van der Waals surface area (Å²) in [6, 6.07) is 18.8. The highest BCUT2D eigenvalue weighted by Crippen LogP contribution is 2.20. The molecule has 0 radical (unpaired) electrons. The Morgan fingerprint density at radius 2 is 1.92 bits per heavy atom. The number of fused-ring (bicyclic) bond motifs is 1. The molecule has 1 saturated heterocycles. The van der Waals surface area contributed by atoms with Crippen molar-refractivity contribution in [3.63, 3.8) is 0 Å². The van der Waals surface area contributed by atoms with Crippen LogP contribution in [0.3, 0.4) is 0 Å². The van der Waals surface area contributed by atoms with Gasteiger partial charge in [-0.25, -0.2) is 0 Å². The van der Waals surface area contributed by atoms with Crippen LogP contribution in [-0.4, -0.2) is 35.4 Å². The van der Waals surface area contributed by atoms with Crippen LogP contribution < -0.4 is 5.32 Å². The van der Waals surface area contributed by atoms with Gasteiger partial charge in [0.05, 0.1) is 5.92 Å². The molecule has 1 amide bonds. The third kappa shape index (κ3) is 3.81. The molecule has 4 nitrogen and oxygen atoms in total. The summed E-state index contributed by atoms with van der Waals surface area (Å²) >= 11 is 0. The van der Waals surface area contributed by atoms with Crippen molar-refractivity contribution in [1.29, 1.82) is 0 Å². The Balaban J connectivity index is 1.25. The standard InChI is InChI=1S/C22H25N3O/c26-22(19-11-13-25(16-19)15-17-6-2-1-3-7-17)23-12-10-18-14-24-21-9-5-4-8-20(18)21/h1-9,14,19,24H,10-13,15-16H2,(H,23,26). The predicted molar refractivity (Wildman–Crippen MR) is 105 cm³/mol. The summed E-state index contributed by atoms with van der Waals surface area (Å²) in [4.78, 5) is 18.2. The van der Waals surface area contributed by atoms with E-state index < -0.39 is 0 Å². The van der Waals surface area contributed by atoms with E-state index in [1.54, 1.807) is 0 Å². The van der Waals surface area contributed by atoms with Gasteiger partial charge in [0, 0.05) is 36.7 Å². The van der Waals surface area contributed by atoms with Gasteiger partial charge < -0.3 is 10.3 Å². The number of carbonyl (C=O) groups is 1. The number of hydrogen-bond acceptors (Lipinski definition) is 2. The van der Waals surface area contributed by atoms with E-state index in [4.69, 9.17) is 0 Å². The maximum absolute atomic E-state index is 12.5. The van der Waals surface area contributed by atoms with Gasteiger partial charge in [0.2, 0.25) is 5.91 Å². The fourth-order valence-corrected chi connectivity index (χ4v) is 3.84. The van der Waals surface area contributed by atoms with Gasteiger partial charge in [-0.05, 0) is 36.6 Å². The number of benzene rings is 2. The Morgan fingerprint density at radius 3 is 2.81 bits per heavy atom. The molecule has 1 fully saturated rings. The maximum Gasteiger partial charge on any atom is 0.224 e. The maximum atomic E-state index is 12.5. The minimum atomic E-state index is 0.113. The Hall–Kier alpha value is -2.59. The third-order valence-corrected chi connectivity index (χ3v) is 5.26. The Kier molecular flexibility index (Phi) is 5.02. The summed E-state index contributed by atoms with van der Waals surface area (Å²) in [7, 11) is 0. The highest BCUT2D eigenvalue weighted by molar-refractivity contribution is 5.83. The zero-order chi connectivity index (χ0) is 17.8. The van der Waals surface area contributed by atoms with Gasteiger partial charge >= 0.3 is 0 Å². The molecule has 3 aromatic rings. The third-order valence-electron chi connectivity index (χ3n) is 5.26. The average molecular weight is 347 g/mol. The number of nitrogens with one attached hydrogen (secondary N) is 2. The van der Waals surface area contributed by atoms with Gasteiger partial charge in [-0.3, -0.25) is 9.69 Å². The molecule has 0 bridgehead atoms. The molecule has 1 atom stereocenters. The smallest absolute Gasteiger partial charge is 0.224 e. The molecule has 134 valence electrons. The summed E-state index contributed by atoms with van der Waals surface area (Å²) in [5.74, 6) is 0.307. The lowest BCUT2D eigenvalue weighted by Gasteiger charge is -2.16. The molecule has 26 heavy (non-hydrogen) atoms. The summed E-state index contributed by atoms with van der Waals surface area (Å²) < 4.78 is 0. The molecule has 0 aliphatic carbocycles. The molecule has 4 heteroatoms. The molecule has 1 unspecified atom stereocenters. The molecule has 1 aromatic heterocycles. The lowest BCUT2D eigenvalue weighted by Crippen LogP contribution is -2.33. The first-order valence-electron chi connectivity index (χ1n) is 9.38. The van der Waals surface area contributed by atoms with E-state index in [-0.39, 0.29) is 11.8 Å². The average Bonchev–Trinajstić information content (AvgIpc) is 3.30. The van der Waals surface area contributed by atoms with Gasteiger partial charge in [-0.15, -0.1) is 0 Å². The predicted octanol–water partition coefficient (Wildman–Crippen LogP) is 3.35. The van der Waals surface area contributed by atoms with Crippen LogP contribution in [-0.2, 0) is 17.8 Å². The number of aromatic nitrogens is 1. The van der Waals surface area contributed by atoms with Crippen LogP contribution in [0.4, 0.5) is 0 Å². The number of amides is 1. The van der Waals surface area contributed by atoms with E-state index in [0.717, 1.165) is 38.0 Å². The van der Waals surface area contributed by atoms with E-state index in [1.807, 2.05) is 18.3 Å². The monoisotopic (exact) mass is 347 g/mol. The SMILES string of the molecule is O=C(NCCc1c[nH]c2ccccc12)C1CCN(Cc2ccccc2)C1. The van der Waals surface area contributed by atoms with Crippen LogP contribution >= 0.6 is 0 Å². The van der Waals surface area contributed by atoms with Gasteiger partial charge in [-0.2, -0.15) is 0 Å². The second-order valence-corrected chi connectivity index (χ2v) is 7.11. The van der Waals surface area contributed by atoms with E-state index in [9.17, 15) is 4.79 Å². The van der Waals surface area contributed by atoms with Gasteiger partial charge in [0.15, 0.2) is 0 Å². The number of aromatic amines is 1. The Morgan fingerprint density at radius 1 is 1.12 bits per heavy atom. The molecule has 1 aliphatic heterocycles. The van der Waals surface area contributed by atoms with Crippen molar-refractivity contribution in [2.45, 2.75) is 19.4 Å². The van der Waals surface area contributed by atoms with E-state index >= 15 is 0 Å². The highest BCUT2D eigenvalue weighted by atomic mass is 16.1. The largest absolute Gasteiger partial charge is 0.361 e. The number of nitrogens with zero attached hydrogens (tertiary/aromatic N) is 1. The minimum absolute atomic E-state index is 0.113. The zero-order valence-electron chi connectivity index (χ0n) is 14.9. The zero-order valence-corrected chi connectivity index (χ0v) is 14.9. The molecule has 4 rings (SSSR count). The van der Waals surface area contributed by atoms with Crippen molar-refractivity contribution < 1.29 is 4.79 Å². The van der Waals surface area contributed by atoms with Gasteiger partial charge in [-0.1, -0.05) is 48.5 Å². The van der Waals surface area contributed by atoms with E-state index in [1.165, 1.54) is 16.5 Å². The number of carbonyl (C=O) groups excluding carboxylic acids is 1. The second kappa shape index (κ2) is 7.75. The van der Waals surface area contributed by atoms with Crippen molar-refractivity contribution >= 4 is 16.8 Å². The number of para-hydroxylation sites is 1. The fourth-order valence-electron chi connectivity index (χ4n) is 3.84. The van der Waals surface area contributed by atoms with Crippen molar-refractivity contribution in [3.8, 4) is 0 Å². The first-order chi connectivity index (χ1) is 12.8. The van der Waals surface area contributed by atoms with Crippen LogP contribution in [0, 0.1) is 5.92 Å². The quantitative estimate of drug-likeness (QED) is 0.718. The molecule has 2 aromatic carbocycles. The number of likely N-dealkylation sites (tertiary alicyclic amines) is 1. The van der Waals surface area contributed by atoms with E-state index in [0.29, 0.717) is 6.54 Å². The molecular weight excluding hydrogens is 322 g/mol. The van der Waals surface area contributed by atoms with Crippen molar-refractivity contribution in [2.24, 2.45) is 5.92 Å². The van der Waals surface area contributed by atoms with E-state index in [2.05, 4.69) is 57.7 Å². The molecule has 2 heterocycles. The fraction of sp³-hybridized carbons (Fsp3) is 0.318. The number of hydrogen-bond donors (Lipinski definition) is 2. The second-order valence-electron chi connectivity index (χ2n) is 7.11. The summed E-state index contributed by atoms with van der Waals surface area (Å²) in [5, 5.41) is 4.38. The highest BCUT2D eigenvalue weighted by Gasteiger charge is 2.27. The Labute approximate surface area is 154 Å². The lowest BCUT2D eigenvalue weighted by atomic mass is 10.1.